The third kappa shape index (κ3) is 3.31. The summed E-state index contributed by atoms with van der Waals surface area (Å²) < 4.78 is 39.3. The predicted molar refractivity (Wildman–Crippen MR) is 75.5 cm³/mol. The summed E-state index contributed by atoms with van der Waals surface area (Å²) >= 11 is 11.6. The van der Waals surface area contributed by atoms with Crippen LogP contribution in [0, 0.1) is 11.7 Å². The second-order valence-electron chi connectivity index (χ2n) is 4.72. The van der Waals surface area contributed by atoms with Crippen LogP contribution in [-0.4, -0.2) is 36.9 Å². The molecule has 0 unspecified atom stereocenters. The Hall–Kier alpha value is -0.890. The second-order valence-corrected chi connectivity index (χ2v) is 7.40. The fourth-order valence-electron chi connectivity index (χ4n) is 2.25. The minimum Gasteiger partial charge on any atom is -0.481 e. The number of rotatable bonds is 3. The van der Waals surface area contributed by atoms with E-state index in [1.165, 1.54) is 0 Å². The standard InChI is InChI=1S/C12H12Cl2FNO4S/c13-9-5-8(15)6-10(14)11(9)21(19,20)16-3-1-7(2-4-16)12(17)18/h5-7H,1-4H2,(H,17,18). The highest BCUT2D eigenvalue weighted by Crippen LogP contribution is 2.34. The molecular weight excluding hydrogens is 344 g/mol. The highest BCUT2D eigenvalue weighted by Gasteiger charge is 2.34. The Morgan fingerprint density at radius 1 is 1.24 bits per heavy atom. The van der Waals surface area contributed by atoms with Gasteiger partial charge in [0.15, 0.2) is 0 Å². The van der Waals surface area contributed by atoms with Gasteiger partial charge in [-0.05, 0) is 25.0 Å². The smallest absolute Gasteiger partial charge is 0.306 e. The van der Waals surface area contributed by atoms with Crippen LogP contribution in [0.1, 0.15) is 12.8 Å². The molecule has 1 aliphatic rings. The number of carbonyl (C=O) groups is 1. The van der Waals surface area contributed by atoms with Gasteiger partial charge in [-0.25, -0.2) is 12.8 Å². The molecule has 1 aromatic rings. The summed E-state index contributed by atoms with van der Waals surface area (Å²) in [5.74, 6) is -2.23. The normalized spacial score (nSPS) is 17.9. The maximum atomic E-state index is 13.1. The quantitative estimate of drug-likeness (QED) is 0.904. The molecule has 5 nitrogen and oxygen atoms in total. The third-order valence-corrected chi connectivity index (χ3v) is 6.19. The molecule has 0 saturated carbocycles. The van der Waals surface area contributed by atoms with E-state index in [2.05, 4.69) is 0 Å². The van der Waals surface area contributed by atoms with Gasteiger partial charge in [-0.1, -0.05) is 23.2 Å². The lowest BCUT2D eigenvalue weighted by molar-refractivity contribution is -0.142. The predicted octanol–water partition coefficient (Wildman–Crippen LogP) is 2.62. The molecule has 1 heterocycles. The van der Waals surface area contributed by atoms with Gasteiger partial charge in [0.25, 0.3) is 0 Å². The van der Waals surface area contributed by atoms with E-state index in [1.807, 2.05) is 0 Å². The molecule has 0 bridgehead atoms. The molecule has 21 heavy (non-hydrogen) atoms. The van der Waals surface area contributed by atoms with Crippen molar-refractivity contribution in [3.05, 3.63) is 28.0 Å². The first-order valence-corrected chi connectivity index (χ1v) is 8.30. The second kappa shape index (κ2) is 6.08. The Kier molecular flexibility index (Phi) is 4.77. The van der Waals surface area contributed by atoms with Crippen LogP contribution in [0.2, 0.25) is 10.0 Å². The number of nitrogens with zero attached hydrogens (tertiary/aromatic N) is 1. The summed E-state index contributed by atoms with van der Waals surface area (Å²) in [6.45, 7) is 0.118. The van der Waals surface area contributed by atoms with E-state index >= 15 is 0 Å². The zero-order valence-corrected chi connectivity index (χ0v) is 13.1. The molecule has 1 N–H and O–H groups in total. The highest BCUT2D eigenvalue weighted by atomic mass is 35.5. The molecule has 0 spiro atoms. The molecule has 0 atom stereocenters. The van der Waals surface area contributed by atoms with Crippen molar-refractivity contribution >= 4 is 39.2 Å². The van der Waals surface area contributed by atoms with E-state index in [0.717, 1.165) is 16.4 Å². The monoisotopic (exact) mass is 355 g/mol. The van der Waals surface area contributed by atoms with Gasteiger partial charge in [0, 0.05) is 13.1 Å². The Bertz CT molecular complexity index is 649. The summed E-state index contributed by atoms with van der Waals surface area (Å²) in [6.07, 6.45) is 0.427. The summed E-state index contributed by atoms with van der Waals surface area (Å²) in [5, 5.41) is 8.33. The van der Waals surface area contributed by atoms with Crippen molar-refractivity contribution in [2.24, 2.45) is 5.92 Å². The van der Waals surface area contributed by atoms with Gasteiger partial charge < -0.3 is 5.11 Å². The molecule has 1 aromatic carbocycles. The SMILES string of the molecule is O=C(O)C1CCN(S(=O)(=O)c2c(Cl)cc(F)cc2Cl)CC1. The van der Waals surface area contributed by atoms with Gasteiger partial charge in [0.2, 0.25) is 10.0 Å². The number of hydrogen-bond donors (Lipinski definition) is 1. The van der Waals surface area contributed by atoms with Crippen molar-refractivity contribution in [1.82, 2.24) is 4.31 Å². The molecule has 116 valence electrons. The summed E-state index contributed by atoms with van der Waals surface area (Å²) in [7, 11) is -3.98. The van der Waals surface area contributed by atoms with Crippen molar-refractivity contribution in [3.8, 4) is 0 Å². The van der Waals surface area contributed by atoms with Gasteiger partial charge >= 0.3 is 5.97 Å². The number of carboxylic acid groups (broad SMARTS) is 1. The first kappa shape index (κ1) is 16.5. The van der Waals surface area contributed by atoms with Gasteiger partial charge in [-0.2, -0.15) is 4.31 Å². The number of sulfonamides is 1. The largest absolute Gasteiger partial charge is 0.481 e. The van der Waals surface area contributed by atoms with Crippen molar-refractivity contribution in [2.45, 2.75) is 17.7 Å². The fraction of sp³-hybridized carbons (Fsp3) is 0.417. The molecule has 0 amide bonds. The summed E-state index contributed by atoms with van der Waals surface area (Å²) in [6, 6.07) is 1.76. The zero-order chi connectivity index (χ0) is 15.8. The van der Waals surface area contributed by atoms with Crippen LogP contribution in [0.15, 0.2) is 17.0 Å². The van der Waals surface area contributed by atoms with Crippen molar-refractivity contribution < 1.29 is 22.7 Å². The molecule has 1 fully saturated rings. The van der Waals surface area contributed by atoms with Gasteiger partial charge in [-0.3, -0.25) is 4.79 Å². The lowest BCUT2D eigenvalue weighted by Gasteiger charge is -2.29. The number of piperidine rings is 1. The molecule has 9 heteroatoms. The number of aliphatic carboxylic acids is 1. The molecule has 1 aliphatic heterocycles. The number of benzene rings is 1. The lowest BCUT2D eigenvalue weighted by atomic mass is 9.99. The first-order chi connectivity index (χ1) is 9.73. The van der Waals surface area contributed by atoms with Gasteiger partial charge in [-0.15, -0.1) is 0 Å². The van der Waals surface area contributed by atoms with Crippen LogP contribution in [0.4, 0.5) is 4.39 Å². The van der Waals surface area contributed by atoms with E-state index in [1.54, 1.807) is 0 Å². The van der Waals surface area contributed by atoms with Crippen molar-refractivity contribution in [1.29, 1.82) is 0 Å². The number of hydrogen-bond acceptors (Lipinski definition) is 3. The Balaban J connectivity index is 2.30. The molecule has 0 aromatic heterocycles. The maximum Gasteiger partial charge on any atom is 0.306 e. The fourth-order valence-corrected chi connectivity index (χ4v) is 4.85. The molecular formula is C12H12Cl2FNO4S. The zero-order valence-electron chi connectivity index (χ0n) is 10.7. The van der Waals surface area contributed by atoms with Crippen LogP contribution in [0.3, 0.4) is 0 Å². The summed E-state index contributed by atoms with van der Waals surface area (Å²) in [5.41, 5.74) is 0. The average molecular weight is 356 g/mol. The van der Waals surface area contributed by atoms with Gasteiger partial charge in [0.1, 0.15) is 10.7 Å². The van der Waals surface area contributed by atoms with E-state index in [9.17, 15) is 17.6 Å². The Morgan fingerprint density at radius 2 is 1.71 bits per heavy atom. The summed E-state index contributed by atoms with van der Waals surface area (Å²) in [4.78, 5) is 10.5. The highest BCUT2D eigenvalue weighted by molar-refractivity contribution is 7.89. The van der Waals surface area contributed by atoms with Crippen molar-refractivity contribution in [2.75, 3.05) is 13.1 Å². The van der Waals surface area contributed by atoms with Crippen LogP contribution < -0.4 is 0 Å². The van der Waals surface area contributed by atoms with E-state index in [-0.39, 0.29) is 40.9 Å². The van der Waals surface area contributed by atoms with E-state index in [0.29, 0.717) is 0 Å². The lowest BCUT2D eigenvalue weighted by Crippen LogP contribution is -2.40. The van der Waals surface area contributed by atoms with Crippen LogP contribution in [-0.2, 0) is 14.8 Å². The van der Waals surface area contributed by atoms with Gasteiger partial charge in [0.05, 0.1) is 16.0 Å². The third-order valence-electron chi connectivity index (χ3n) is 3.36. The van der Waals surface area contributed by atoms with Crippen LogP contribution in [0.5, 0.6) is 0 Å². The van der Waals surface area contributed by atoms with Crippen molar-refractivity contribution in [3.63, 3.8) is 0 Å². The topological polar surface area (TPSA) is 74.7 Å². The minimum absolute atomic E-state index is 0.0589. The molecule has 1 saturated heterocycles. The van der Waals surface area contributed by atoms with E-state index in [4.69, 9.17) is 28.3 Å². The van der Waals surface area contributed by atoms with Crippen LogP contribution >= 0.6 is 23.2 Å². The molecule has 0 radical (unpaired) electrons. The van der Waals surface area contributed by atoms with Crippen LogP contribution in [0.25, 0.3) is 0 Å². The average Bonchev–Trinajstić information content (AvgIpc) is 2.37. The maximum absolute atomic E-state index is 13.1. The van der Waals surface area contributed by atoms with E-state index < -0.39 is 27.7 Å². The molecule has 0 aliphatic carbocycles. The first-order valence-electron chi connectivity index (χ1n) is 6.11. The number of halogens is 3. The minimum atomic E-state index is -3.98. The Labute approximate surface area is 131 Å². The Morgan fingerprint density at radius 3 is 2.14 bits per heavy atom. The molecule has 2 rings (SSSR count). The number of carboxylic acids is 1.